The third-order valence-corrected chi connectivity index (χ3v) is 4.07. The van der Waals surface area contributed by atoms with Gasteiger partial charge < -0.3 is 10.6 Å². The Morgan fingerprint density at radius 3 is 2.44 bits per heavy atom. The Balaban J connectivity index is 1.87. The van der Waals surface area contributed by atoms with Crippen LogP contribution in [0.3, 0.4) is 0 Å². The normalized spacial score (nSPS) is 17.3. The summed E-state index contributed by atoms with van der Waals surface area (Å²) < 4.78 is 0. The minimum absolute atomic E-state index is 0.646. The van der Waals surface area contributed by atoms with Crippen LogP contribution in [-0.4, -0.2) is 18.5 Å². The predicted molar refractivity (Wildman–Crippen MR) is 77.2 cm³/mol. The summed E-state index contributed by atoms with van der Waals surface area (Å²) in [7, 11) is 2.24. The third kappa shape index (κ3) is 3.82. The van der Waals surface area contributed by atoms with Crippen LogP contribution in [0.2, 0.25) is 0 Å². The monoisotopic (exact) mass is 246 g/mol. The summed E-state index contributed by atoms with van der Waals surface area (Å²) in [4.78, 5) is 2.46. The molecule has 2 nitrogen and oxygen atoms in total. The first kappa shape index (κ1) is 13.6. The van der Waals surface area contributed by atoms with Gasteiger partial charge in [-0.15, -0.1) is 0 Å². The minimum Gasteiger partial charge on any atom is -0.326 e. The van der Waals surface area contributed by atoms with E-state index in [-0.39, 0.29) is 0 Å². The summed E-state index contributed by atoms with van der Waals surface area (Å²) >= 11 is 0. The highest BCUT2D eigenvalue weighted by atomic mass is 15.1. The lowest BCUT2D eigenvalue weighted by molar-refractivity contribution is 0.227. The Morgan fingerprint density at radius 2 is 1.78 bits per heavy atom. The molecule has 0 aliphatic heterocycles. The fraction of sp³-hybridized carbons (Fsp3) is 0.625. The van der Waals surface area contributed by atoms with E-state index in [1.54, 1.807) is 0 Å². The van der Waals surface area contributed by atoms with E-state index >= 15 is 0 Å². The van der Waals surface area contributed by atoms with Crippen molar-refractivity contribution in [3.05, 3.63) is 35.4 Å². The van der Waals surface area contributed by atoms with Crippen LogP contribution in [0.5, 0.6) is 0 Å². The van der Waals surface area contributed by atoms with Gasteiger partial charge in [0.1, 0.15) is 0 Å². The molecule has 1 aromatic carbocycles. The van der Waals surface area contributed by atoms with Gasteiger partial charge in [-0.3, -0.25) is 0 Å². The second-order valence-electron chi connectivity index (χ2n) is 5.67. The largest absolute Gasteiger partial charge is 0.326 e. The zero-order valence-electron chi connectivity index (χ0n) is 11.6. The molecular formula is C16H26N2. The Labute approximate surface area is 111 Å². The molecule has 0 heterocycles. The molecule has 1 aliphatic rings. The molecule has 0 saturated heterocycles. The van der Waals surface area contributed by atoms with E-state index in [1.807, 2.05) is 0 Å². The van der Waals surface area contributed by atoms with Gasteiger partial charge in [0, 0.05) is 19.6 Å². The topological polar surface area (TPSA) is 29.3 Å². The van der Waals surface area contributed by atoms with Crippen molar-refractivity contribution in [3.8, 4) is 0 Å². The number of nitrogens with zero attached hydrogens (tertiary/aromatic N) is 1. The Kier molecular flexibility index (Phi) is 5.21. The first-order valence-electron chi connectivity index (χ1n) is 7.25. The van der Waals surface area contributed by atoms with Gasteiger partial charge in [0.15, 0.2) is 0 Å². The maximum absolute atomic E-state index is 5.79. The summed E-state index contributed by atoms with van der Waals surface area (Å²) in [5, 5.41) is 0. The average Bonchev–Trinajstić information content (AvgIpc) is 2.40. The SMILES string of the molecule is CN(Cc1ccccc1CN)CC1CCCCC1. The van der Waals surface area contributed by atoms with Crippen LogP contribution in [0.15, 0.2) is 24.3 Å². The highest BCUT2D eigenvalue weighted by Gasteiger charge is 2.15. The summed E-state index contributed by atoms with van der Waals surface area (Å²) in [6.07, 6.45) is 7.14. The number of nitrogens with two attached hydrogens (primary N) is 1. The van der Waals surface area contributed by atoms with E-state index in [0.717, 1.165) is 12.5 Å². The molecule has 0 radical (unpaired) electrons. The van der Waals surface area contributed by atoms with Crippen LogP contribution in [0.25, 0.3) is 0 Å². The van der Waals surface area contributed by atoms with Crippen LogP contribution in [0, 0.1) is 5.92 Å². The molecule has 1 fully saturated rings. The van der Waals surface area contributed by atoms with Crippen molar-refractivity contribution in [2.45, 2.75) is 45.2 Å². The fourth-order valence-electron chi connectivity index (χ4n) is 3.08. The quantitative estimate of drug-likeness (QED) is 0.864. The van der Waals surface area contributed by atoms with Gasteiger partial charge in [-0.2, -0.15) is 0 Å². The molecule has 0 spiro atoms. The highest BCUT2D eigenvalue weighted by molar-refractivity contribution is 5.26. The molecule has 0 amide bonds. The van der Waals surface area contributed by atoms with E-state index < -0.39 is 0 Å². The first-order chi connectivity index (χ1) is 8.79. The van der Waals surface area contributed by atoms with Crippen molar-refractivity contribution in [1.29, 1.82) is 0 Å². The molecule has 2 heteroatoms. The zero-order valence-corrected chi connectivity index (χ0v) is 11.6. The smallest absolute Gasteiger partial charge is 0.0234 e. The van der Waals surface area contributed by atoms with Crippen molar-refractivity contribution in [2.75, 3.05) is 13.6 Å². The number of rotatable bonds is 5. The van der Waals surface area contributed by atoms with E-state index in [0.29, 0.717) is 6.54 Å². The lowest BCUT2D eigenvalue weighted by atomic mass is 9.89. The number of hydrogen-bond donors (Lipinski definition) is 1. The van der Waals surface area contributed by atoms with Crippen molar-refractivity contribution < 1.29 is 0 Å². The lowest BCUT2D eigenvalue weighted by Crippen LogP contribution is -2.27. The maximum Gasteiger partial charge on any atom is 0.0234 e. The summed E-state index contributed by atoms with van der Waals surface area (Å²) in [5.74, 6) is 0.911. The molecular weight excluding hydrogens is 220 g/mol. The third-order valence-electron chi connectivity index (χ3n) is 4.07. The van der Waals surface area contributed by atoms with E-state index in [4.69, 9.17) is 5.73 Å². The molecule has 100 valence electrons. The molecule has 1 saturated carbocycles. The molecule has 0 bridgehead atoms. The molecule has 2 rings (SSSR count). The Morgan fingerprint density at radius 1 is 1.11 bits per heavy atom. The predicted octanol–water partition coefficient (Wildman–Crippen LogP) is 3.16. The van der Waals surface area contributed by atoms with Crippen LogP contribution in [-0.2, 0) is 13.1 Å². The molecule has 1 aliphatic carbocycles. The summed E-state index contributed by atoms with van der Waals surface area (Å²) in [5.41, 5.74) is 8.46. The fourth-order valence-corrected chi connectivity index (χ4v) is 3.08. The summed E-state index contributed by atoms with van der Waals surface area (Å²) in [6, 6.07) is 8.54. The second-order valence-corrected chi connectivity index (χ2v) is 5.67. The van der Waals surface area contributed by atoms with Crippen molar-refractivity contribution in [2.24, 2.45) is 11.7 Å². The van der Waals surface area contributed by atoms with E-state index in [1.165, 1.54) is 49.8 Å². The van der Waals surface area contributed by atoms with Crippen LogP contribution in [0.1, 0.15) is 43.2 Å². The molecule has 0 atom stereocenters. The van der Waals surface area contributed by atoms with Crippen molar-refractivity contribution in [3.63, 3.8) is 0 Å². The Bertz CT molecular complexity index is 356. The van der Waals surface area contributed by atoms with Crippen LogP contribution >= 0.6 is 0 Å². The average molecular weight is 246 g/mol. The standard InChI is InChI=1S/C16H26N2/c1-18(12-14-7-3-2-4-8-14)13-16-10-6-5-9-15(16)11-17/h5-6,9-10,14H,2-4,7-8,11-13,17H2,1H3. The van der Waals surface area contributed by atoms with Gasteiger partial charge in [-0.05, 0) is 36.9 Å². The Hall–Kier alpha value is -0.860. The molecule has 1 aromatic rings. The van der Waals surface area contributed by atoms with Crippen molar-refractivity contribution in [1.82, 2.24) is 4.90 Å². The first-order valence-corrected chi connectivity index (χ1v) is 7.25. The van der Waals surface area contributed by atoms with Gasteiger partial charge in [-0.1, -0.05) is 43.5 Å². The second kappa shape index (κ2) is 6.91. The molecule has 0 unspecified atom stereocenters. The minimum atomic E-state index is 0.646. The van der Waals surface area contributed by atoms with Gasteiger partial charge in [-0.25, -0.2) is 0 Å². The lowest BCUT2D eigenvalue weighted by Gasteiger charge is -2.27. The van der Waals surface area contributed by atoms with Gasteiger partial charge in [0.2, 0.25) is 0 Å². The number of hydrogen-bond acceptors (Lipinski definition) is 2. The van der Waals surface area contributed by atoms with Gasteiger partial charge >= 0.3 is 0 Å². The summed E-state index contributed by atoms with van der Waals surface area (Å²) in [6.45, 7) is 2.91. The van der Waals surface area contributed by atoms with Crippen molar-refractivity contribution >= 4 is 0 Å². The molecule has 0 aromatic heterocycles. The van der Waals surface area contributed by atoms with E-state index in [9.17, 15) is 0 Å². The van der Waals surface area contributed by atoms with Gasteiger partial charge in [0.25, 0.3) is 0 Å². The van der Waals surface area contributed by atoms with Crippen LogP contribution in [0.4, 0.5) is 0 Å². The maximum atomic E-state index is 5.79. The number of benzene rings is 1. The zero-order chi connectivity index (χ0) is 12.8. The van der Waals surface area contributed by atoms with E-state index in [2.05, 4.69) is 36.2 Å². The molecule has 2 N–H and O–H groups in total. The highest BCUT2D eigenvalue weighted by Crippen LogP contribution is 2.24. The van der Waals surface area contributed by atoms with Crippen LogP contribution < -0.4 is 5.73 Å². The molecule has 18 heavy (non-hydrogen) atoms. The van der Waals surface area contributed by atoms with Gasteiger partial charge in [0.05, 0.1) is 0 Å².